The second-order valence-electron chi connectivity index (χ2n) is 8.03. The molecule has 0 aliphatic heterocycles. The summed E-state index contributed by atoms with van der Waals surface area (Å²) in [4.78, 5) is 24.4. The quantitative estimate of drug-likeness (QED) is 0.190. The minimum atomic E-state index is -0.605. The first kappa shape index (κ1) is 25.4. The van der Waals surface area contributed by atoms with Crippen LogP contribution in [0, 0.1) is 5.92 Å². The highest BCUT2D eigenvalue weighted by molar-refractivity contribution is 5.90. The van der Waals surface area contributed by atoms with E-state index in [4.69, 9.17) is 14.2 Å². The number of phenolic OH excluding ortho intramolecular Hbond substituents is 1. The largest absolute Gasteiger partial charge is 0.508 e. The molecule has 1 saturated carbocycles. The number of benzene rings is 1. The van der Waals surface area contributed by atoms with Crippen LogP contribution in [0.2, 0.25) is 0 Å². The highest BCUT2D eigenvalue weighted by Gasteiger charge is 2.28. The van der Waals surface area contributed by atoms with Gasteiger partial charge >= 0.3 is 11.9 Å². The molecule has 0 heterocycles. The molecule has 1 aliphatic rings. The number of allylic oxidation sites excluding steroid dienone is 2. The van der Waals surface area contributed by atoms with E-state index in [0.717, 1.165) is 38.7 Å². The van der Waals surface area contributed by atoms with Crippen LogP contribution in [0.4, 0.5) is 0 Å². The second kappa shape index (κ2) is 13.5. The summed E-state index contributed by atoms with van der Waals surface area (Å²) in [6, 6.07) is 5.68. The normalized spacial score (nSPS) is 18.3. The lowest BCUT2D eigenvalue weighted by atomic mass is 9.87. The van der Waals surface area contributed by atoms with Gasteiger partial charge in [0.05, 0.1) is 17.6 Å². The number of phenols is 1. The number of unbranched alkanes of at least 4 members (excludes halogenated alkanes) is 3. The lowest BCUT2D eigenvalue weighted by Crippen LogP contribution is -2.27. The fourth-order valence-corrected chi connectivity index (χ4v) is 3.49. The molecule has 1 N–H and O–H groups in total. The molecule has 2 rings (SSSR count). The van der Waals surface area contributed by atoms with Crippen molar-refractivity contribution in [2.24, 2.45) is 5.92 Å². The molecule has 1 fully saturated rings. The summed E-state index contributed by atoms with van der Waals surface area (Å²) >= 11 is 0. The highest BCUT2D eigenvalue weighted by atomic mass is 16.5. The molecule has 0 unspecified atom stereocenters. The Balaban J connectivity index is 1.67. The third-order valence-electron chi connectivity index (χ3n) is 5.37. The monoisotopic (exact) mass is 442 g/mol. The number of rotatable bonds is 12. The molecule has 0 saturated heterocycles. The van der Waals surface area contributed by atoms with Crippen molar-refractivity contribution in [2.75, 3.05) is 6.61 Å². The third kappa shape index (κ3) is 9.10. The van der Waals surface area contributed by atoms with Crippen LogP contribution in [-0.4, -0.2) is 29.8 Å². The zero-order valence-corrected chi connectivity index (χ0v) is 18.9. The van der Waals surface area contributed by atoms with Gasteiger partial charge in [-0.25, -0.2) is 4.79 Å². The van der Waals surface area contributed by atoms with Gasteiger partial charge in [-0.05, 0) is 68.5 Å². The van der Waals surface area contributed by atoms with Crippen LogP contribution in [-0.2, 0) is 19.0 Å². The Morgan fingerprint density at radius 1 is 0.969 bits per heavy atom. The van der Waals surface area contributed by atoms with Crippen LogP contribution in [0.5, 0.6) is 5.75 Å². The Hall–Kier alpha value is -2.86. The topological polar surface area (TPSA) is 82.1 Å². The Morgan fingerprint density at radius 2 is 1.59 bits per heavy atom. The van der Waals surface area contributed by atoms with Gasteiger partial charge in [0.2, 0.25) is 0 Å². The van der Waals surface area contributed by atoms with Crippen molar-refractivity contribution in [2.45, 2.75) is 64.4 Å². The van der Waals surface area contributed by atoms with E-state index in [2.05, 4.69) is 20.1 Å². The van der Waals surface area contributed by atoms with Gasteiger partial charge in [-0.1, -0.05) is 39.3 Å². The molecule has 0 bridgehead atoms. The van der Waals surface area contributed by atoms with Crippen molar-refractivity contribution in [3.05, 3.63) is 66.7 Å². The summed E-state index contributed by atoms with van der Waals surface area (Å²) in [6.07, 6.45) is 11.1. The van der Waals surface area contributed by atoms with Gasteiger partial charge in [0.1, 0.15) is 17.3 Å². The third-order valence-corrected chi connectivity index (χ3v) is 5.37. The van der Waals surface area contributed by atoms with E-state index < -0.39 is 5.97 Å². The van der Waals surface area contributed by atoms with Crippen molar-refractivity contribution in [3.63, 3.8) is 0 Å². The summed E-state index contributed by atoms with van der Waals surface area (Å²) in [6.45, 7) is 10.4. The first-order valence-electron chi connectivity index (χ1n) is 11.3. The maximum absolute atomic E-state index is 12.4. The van der Waals surface area contributed by atoms with Gasteiger partial charge in [-0.2, -0.15) is 0 Å². The minimum Gasteiger partial charge on any atom is -0.508 e. The Labute approximate surface area is 190 Å². The molecule has 6 nitrogen and oxygen atoms in total. The van der Waals surface area contributed by atoms with Crippen molar-refractivity contribution in [1.29, 1.82) is 0 Å². The fourth-order valence-electron chi connectivity index (χ4n) is 3.49. The van der Waals surface area contributed by atoms with Crippen molar-refractivity contribution < 1.29 is 28.9 Å². The van der Waals surface area contributed by atoms with Crippen molar-refractivity contribution in [1.82, 2.24) is 0 Å². The summed E-state index contributed by atoms with van der Waals surface area (Å²) in [7, 11) is 0. The molecule has 32 heavy (non-hydrogen) atoms. The maximum Gasteiger partial charge on any atom is 0.343 e. The molecule has 0 radical (unpaired) electrons. The van der Waals surface area contributed by atoms with Crippen LogP contribution in [0.25, 0.3) is 0 Å². The Morgan fingerprint density at radius 3 is 2.22 bits per heavy atom. The SMILES string of the molecule is C=C(/C=C\C(=C)OC(=O)C1CCC(OCCCCCC)CC1)OC(=O)c1ccc(O)cc1. The summed E-state index contributed by atoms with van der Waals surface area (Å²) < 4.78 is 16.4. The number of carbonyl (C=O) groups is 2. The van der Waals surface area contributed by atoms with Crippen LogP contribution in [0.15, 0.2) is 61.1 Å². The molecular formula is C26H34O6. The first-order chi connectivity index (χ1) is 15.4. The standard InChI is InChI=1S/C26H34O6/c1-4-5-6-7-18-30-24-16-12-22(13-17-24)26(29)32-20(3)9-8-19(2)31-25(28)21-10-14-23(27)15-11-21/h8-11,14-15,22,24,27H,2-7,12-13,16-18H2,1H3/b9-8-. The predicted octanol–water partition coefficient (Wildman–Crippen LogP) is 5.83. The number of ether oxygens (including phenoxy) is 3. The summed E-state index contributed by atoms with van der Waals surface area (Å²) in [5.74, 6) is -0.764. The van der Waals surface area contributed by atoms with Gasteiger partial charge in [-0.15, -0.1) is 0 Å². The van der Waals surface area contributed by atoms with Gasteiger partial charge < -0.3 is 19.3 Å². The van der Waals surface area contributed by atoms with Gasteiger partial charge in [-0.3, -0.25) is 4.79 Å². The van der Waals surface area contributed by atoms with E-state index >= 15 is 0 Å². The average Bonchev–Trinajstić information content (AvgIpc) is 2.78. The number of carbonyl (C=O) groups excluding carboxylic acids is 2. The average molecular weight is 443 g/mol. The van der Waals surface area contributed by atoms with Crippen LogP contribution >= 0.6 is 0 Å². The fraction of sp³-hybridized carbons (Fsp3) is 0.462. The zero-order chi connectivity index (χ0) is 23.3. The lowest BCUT2D eigenvalue weighted by Gasteiger charge is -2.27. The smallest absolute Gasteiger partial charge is 0.343 e. The first-order valence-corrected chi connectivity index (χ1v) is 11.3. The molecule has 1 aromatic carbocycles. The Kier molecular flexibility index (Phi) is 10.7. The van der Waals surface area contributed by atoms with Gasteiger partial charge in [0, 0.05) is 6.61 Å². The van der Waals surface area contributed by atoms with Crippen LogP contribution in [0.1, 0.15) is 68.6 Å². The molecule has 0 atom stereocenters. The second-order valence-corrected chi connectivity index (χ2v) is 8.03. The van der Waals surface area contributed by atoms with E-state index in [1.165, 1.54) is 55.7 Å². The minimum absolute atomic E-state index is 0.0572. The number of hydrogen-bond donors (Lipinski definition) is 1. The zero-order valence-electron chi connectivity index (χ0n) is 18.9. The molecule has 0 aromatic heterocycles. The highest BCUT2D eigenvalue weighted by Crippen LogP contribution is 2.28. The lowest BCUT2D eigenvalue weighted by molar-refractivity contribution is -0.145. The van der Waals surface area contributed by atoms with E-state index in [1.54, 1.807) is 0 Å². The van der Waals surface area contributed by atoms with Crippen LogP contribution in [0.3, 0.4) is 0 Å². The van der Waals surface area contributed by atoms with Gasteiger partial charge in [0.25, 0.3) is 0 Å². The number of aromatic hydroxyl groups is 1. The van der Waals surface area contributed by atoms with E-state index in [-0.39, 0.29) is 40.8 Å². The molecule has 1 aromatic rings. The molecule has 174 valence electrons. The van der Waals surface area contributed by atoms with E-state index in [1.807, 2.05) is 0 Å². The van der Waals surface area contributed by atoms with Crippen LogP contribution < -0.4 is 0 Å². The number of esters is 2. The van der Waals surface area contributed by atoms with Gasteiger partial charge in [0.15, 0.2) is 0 Å². The summed E-state index contributed by atoms with van der Waals surface area (Å²) in [5, 5.41) is 9.27. The molecule has 6 heteroatoms. The predicted molar refractivity (Wildman–Crippen MR) is 123 cm³/mol. The summed E-state index contributed by atoms with van der Waals surface area (Å²) in [5.41, 5.74) is 0.281. The molecule has 1 aliphatic carbocycles. The molecule has 0 amide bonds. The van der Waals surface area contributed by atoms with Crippen molar-refractivity contribution in [3.8, 4) is 5.75 Å². The van der Waals surface area contributed by atoms with E-state index in [0.29, 0.717) is 0 Å². The maximum atomic E-state index is 12.4. The van der Waals surface area contributed by atoms with E-state index in [9.17, 15) is 14.7 Å². The van der Waals surface area contributed by atoms with Crippen molar-refractivity contribution >= 4 is 11.9 Å². The number of hydrogen-bond acceptors (Lipinski definition) is 6. The molecular weight excluding hydrogens is 408 g/mol. The Bertz CT molecular complexity index is 800. The molecule has 0 spiro atoms.